The highest BCUT2D eigenvalue weighted by atomic mass is 35.5. The monoisotopic (exact) mass is 213 g/mol. The van der Waals surface area contributed by atoms with E-state index in [1.165, 1.54) is 11.3 Å². The van der Waals surface area contributed by atoms with Gasteiger partial charge in [0.1, 0.15) is 0 Å². The van der Waals surface area contributed by atoms with Crippen molar-refractivity contribution in [3.8, 4) is 0 Å². The summed E-state index contributed by atoms with van der Waals surface area (Å²) in [7, 11) is 0. The van der Waals surface area contributed by atoms with Crippen molar-refractivity contribution < 1.29 is 0 Å². The molecule has 2 aromatic rings. The van der Waals surface area contributed by atoms with Gasteiger partial charge in [-0.2, -0.15) is 0 Å². The molecule has 2 nitrogen and oxygen atoms in total. The zero-order valence-electron chi connectivity index (χ0n) is 7.08. The van der Waals surface area contributed by atoms with E-state index in [-0.39, 0.29) is 4.87 Å². The summed E-state index contributed by atoms with van der Waals surface area (Å²) in [5, 5.41) is 0.651. The number of aryl methyl sites for hydroxylation is 1. The molecule has 0 aliphatic carbocycles. The Morgan fingerprint density at radius 1 is 1.54 bits per heavy atom. The van der Waals surface area contributed by atoms with Crippen LogP contribution in [0.25, 0.3) is 10.2 Å². The fourth-order valence-electron chi connectivity index (χ4n) is 1.37. The zero-order chi connectivity index (χ0) is 9.42. The molecule has 1 aromatic heterocycles. The molecule has 0 bridgehead atoms. The Kier molecular flexibility index (Phi) is 2.14. The lowest BCUT2D eigenvalue weighted by atomic mass is 10.3. The first kappa shape index (κ1) is 8.78. The summed E-state index contributed by atoms with van der Waals surface area (Å²) in [6, 6.07) is 5.59. The first-order valence-electron chi connectivity index (χ1n) is 4.02. The Morgan fingerprint density at radius 2 is 2.31 bits per heavy atom. The van der Waals surface area contributed by atoms with E-state index in [1.807, 2.05) is 25.1 Å². The van der Waals surface area contributed by atoms with Gasteiger partial charge in [-0.15, -0.1) is 0 Å². The molecule has 4 heteroatoms. The molecule has 0 radical (unpaired) electrons. The van der Waals surface area contributed by atoms with E-state index >= 15 is 0 Å². The predicted molar refractivity (Wildman–Crippen MR) is 56.8 cm³/mol. The first-order chi connectivity index (χ1) is 6.24. The SMILES string of the molecule is CCn1c(=O)sc2cccc(Cl)c21. The van der Waals surface area contributed by atoms with Crippen LogP contribution < -0.4 is 4.87 Å². The van der Waals surface area contributed by atoms with Crippen LogP contribution in [0.5, 0.6) is 0 Å². The highest BCUT2D eigenvalue weighted by molar-refractivity contribution is 7.16. The Hall–Kier alpha value is -0.800. The second kappa shape index (κ2) is 3.16. The van der Waals surface area contributed by atoms with Crippen LogP contribution in [0.1, 0.15) is 6.92 Å². The van der Waals surface area contributed by atoms with Crippen LogP contribution in [0.15, 0.2) is 23.0 Å². The number of hydrogen-bond donors (Lipinski definition) is 0. The van der Waals surface area contributed by atoms with Gasteiger partial charge in [0.05, 0.1) is 15.2 Å². The molecule has 0 saturated heterocycles. The Labute approximate surface area is 84.4 Å². The minimum atomic E-state index is 0.0607. The van der Waals surface area contributed by atoms with E-state index in [2.05, 4.69) is 0 Å². The number of nitrogens with zero attached hydrogens (tertiary/aromatic N) is 1. The van der Waals surface area contributed by atoms with Gasteiger partial charge in [0.15, 0.2) is 0 Å². The second-order valence-electron chi connectivity index (χ2n) is 2.70. The number of halogens is 1. The molecule has 0 aliphatic heterocycles. The van der Waals surface area contributed by atoms with E-state index in [0.717, 1.165) is 10.2 Å². The zero-order valence-corrected chi connectivity index (χ0v) is 8.65. The normalized spacial score (nSPS) is 10.9. The summed E-state index contributed by atoms with van der Waals surface area (Å²) in [5.74, 6) is 0. The van der Waals surface area contributed by atoms with Gasteiger partial charge >= 0.3 is 4.87 Å². The number of fused-ring (bicyclic) bond motifs is 1. The van der Waals surface area contributed by atoms with Gasteiger partial charge in [-0.3, -0.25) is 9.36 Å². The molecule has 1 aromatic carbocycles. The minimum Gasteiger partial charge on any atom is -0.297 e. The van der Waals surface area contributed by atoms with Crippen molar-refractivity contribution in [2.75, 3.05) is 0 Å². The van der Waals surface area contributed by atoms with Gasteiger partial charge < -0.3 is 0 Å². The molecule has 0 saturated carbocycles. The molecule has 2 rings (SSSR count). The van der Waals surface area contributed by atoms with Crippen LogP contribution in [0.4, 0.5) is 0 Å². The third-order valence-corrected chi connectivity index (χ3v) is 3.20. The lowest BCUT2D eigenvalue weighted by Gasteiger charge is -1.99. The van der Waals surface area contributed by atoms with Crippen molar-refractivity contribution in [2.24, 2.45) is 0 Å². The maximum atomic E-state index is 11.4. The number of aromatic nitrogens is 1. The highest BCUT2D eigenvalue weighted by Crippen LogP contribution is 2.24. The number of thiazole rings is 1. The van der Waals surface area contributed by atoms with Crippen LogP contribution in [0, 0.1) is 0 Å². The molecule has 1 heterocycles. The highest BCUT2D eigenvalue weighted by Gasteiger charge is 2.07. The fraction of sp³-hybridized carbons (Fsp3) is 0.222. The third-order valence-electron chi connectivity index (χ3n) is 1.95. The van der Waals surface area contributed by atoms with Gasteiger partial charge in [-0.25, -0.2) is 0 Å². The van der Waals surface area contributed by atoms with E-state index in [4.69, 9.17) is 11.6 Å². The molecule has 0 spiro atoms. The maximum absolute atomic E-state index is 11.4. The van der Waals surface area contributed by atoms with Gasteiger partial charge in [0.25, 0.3) is 0 Å². The largest absolute Gasteiger partial charge is 0.308 e. The molecular formula is C9H8ClNOS. The van der Waals surface area contributed by atoms with Crippen LogP contribution in [0.2, 0.25) is 5.02 Å². The van der Waals surface area contributed by atoms with Crippen molar-refractivity contribution >= 4 is 33.2 Å². The van der Waals surface area contributed by atoms with Crippen LogP contribution in [-0.2, 0) is 6.54 Å². The summed E-state index contributed by atoms with van der Waals surface area (Å²) in [5.41, 5.74) is 0.863. The molecule has 0 unspecified atom stereocenters. The first-order valence-corrected chi connectivity index (χ1v) is 5.21. The minimum absolute atomic E-state index is 0.0607. The summed E-state index contributed by atoms with van der Waals surface area (Å²) in [6.07, 6.45) is 0. The van der Waals surface area contributed by atoms with Crippen molar-refractivity contribution in [1.82, 2.24) is 4.57 Å². The second-order valence-corrected chi connectivity index (χ2v) is 4.10. The summed E-state index contributed by atoms with van der Waals surface area (Å²) >= 11 is 7.24. The molecular weight excluding hydrogens is 206 g/mol. The predicted octanol–water partition coefficient (Wildman–Crippen LogP) is 2.74. The average Bonchev–Trinajstić information content (AvgIpc) is 2.42. The van der Waals surface area contributed by atoms with Crippen molar-refractivity contribution in [1.29, 1.82) is 0 Å². The van der Waals surface area contributed by atoms with E-state index in [9.17, 15) is 4.79 Å². The van der Waals surface area contributed by atoms with Crippen molar-refractivity contribution in [2.45, 2.75) is 13.5 Å². The standard InChI is InChI=1S/C9H8ClNOS/c1-2-11-8-6(10)4-3-5-7(8)13-9(11)12/h3-5H,2H2,1H3. The number of hydrogen-bond acceptors (Lipinski definition) is 2. The maximum Gasteiger partial charge on any atom is 0.308 e. The molecule has 68 valence electrons. The number of rotatable bonds is 1. The smallest absolute Gasteiger partial charge is 0.297 e. The average molecular weight is 214 g/mol. The molecule has 0 fully saturated rings. The van der Waals surface area contributed by atoms with Gasteiger partial charge in [-0.1, -0.05) is 29.0 Å². The third kappa shape index (κ3) is 1.28. The molecule has 0 N–H and O–H groups in total. The molecule has 13 heavy (non-hydrogen) atoms. The van der Waals surface area contributed by atoms with Crippen LogP contribution in [0.3, 0.4) is 0 Å². The fourth-order valence-corrected chi connectivity index (χ4v) is 2.68. The molecule has 0 aliphatic rings. The van der Waals surface area contributed by atoms with E-state index in [1.54, 1.807) is 4.57 Å². The van der Waals surface area contributed by atoms with Gasteiger partial charge in [-0.05, 0) is 19.1 Å². The van der Waals surface area contributed by atoms with Gasteiger partial charge in [0, 0.05) is 6.54 Å². The lowest BCUT2D eigenvalue weighted by molar-refractivity contribution is 0.778. The summed E-state index contributed by atoms with van der Waals surface area (Å²) in [6.45, 7) is 2.61. The number of para-hydroxylation sites is 1. The van der Waals surface area contributed by atoms with Crippen molar-refractivity contribution in [3.63, 3.8) is 0 Å². The van der Waals surface area contributed by atoms with Gasteiger partial charge in [0.2, 0.25) is 0 Å². The Morgan fingerprint density at radius 3 is 3.00 bits per heavy atom. The summed E-state index contributed by atoms with van der Waals surface area (Å²) < 4.78 is 2.65. The topological polar surface area (TPSA) is 22.0 Å². The van der Waals surface area contributed by atoms with Crippen LogP contribution in [-0.4, -0.2) is 4.57 Å². The van der Waals surface area contributed by atoms with Crippen molar-refractivity contribution in [3.05, 3.63) is 32.9 Å². The molecule has 0 atom stereocenters. The number of benzene rings is 1. The van der Waals surface area contributed by atoms with E-state index < -0.39 is 0 Å². The Bertz CT molecular complexity index is 500. The quantitative estimate of drug-likeness (QED) is 0.714. The molecule has 0 amide bonds. The van der Waals surface area contributed by atoms with Crippen LogP contribution >= 0.6 is 22.9 Å². The Balaban J connectivity index is 2.96. The summed E-state index contributed by atoms with van der Waals surface area (Å²) in [4.78, 5) is 11.5. The van der Waals surface area contributed by atoms with E-state index in [0.29, 0.717) is 11.6 Å². The lowest BCUT2D eigenvalue weighted by Crippen LogP contribution is -2.10.